The second-order valence-electron chi connectivity index (χ2n) is 4.54. The van der Waals surface area contributed by atoms with Crippen molar-refractivity contribution in [2.45, 2.75) is 4.90 Å². The number of nitrogens with one attached hydrogen (secondary N) is 2. The van der Waals surface area contributed by atoms with Crippen molar-refractivity contribution in [3.05, 3.63) is 27.7 Å². The van der Waals surface area contributed by atoms with Crippen LogP contribution >= 0.6 is 27.5 Å². The summed E-state index contributed by atoms with van der Waals surface area (Å²) in [5, 5.41) is 3.64. The Hall–Kier alpha value is -0.180. The highest BCUT2D eigenvalue weighted by Gasteiger charge is 2.19. The minimum Gasteiger partial charge on any atom is -0.314 e. The van der Waals surface area contributed by atoms with Crippen molar-refractivity contribution in [2.75, 3.05) is 39.3 Å². The van der Waals surface area contributed by atoms with E-state index in [1.165, 1.54) is 6.07 Å². The Morgan fingerprint density at radius 3 is 2.75 bits per heavy atom. The Bertz CT molecular complexity index is 562. The first-order valence-corrected chi connectivity index (χ1v) is 9.03. The predicted octanol–water partition coefficient (Wildman–Crippen LogP) is 1.29. The molecule has 1 heterocycles. The number of benzene rings is 1. The quantitative estimate of drug-likeness (QED) is 0.805. The number of halogens is 2. The molecule has 0 bridgehead atoms. The van der Waals surface area contributed by atoms with Crippen LogP contribution in [-0.4, -0.2) is 52.6 Å². The van der Waals surface area contributed by atoms with Gasteiger partial charge in [0.15, 0.2) is 0 Å². The van der Waals surface area contributed by atoms with Crippen LogP contribution in [0.5, 0.6) is 0 Å². The summed E-state index contributed by atoms with van der Waals surface area (Å²) < 4.78 is 27.4. The van der Waals surface area contributed by atoms with Crippen molar-refractivity contribution in [2.24, 2.45) is 0 Å². The van der Waals surface area contributed by atoms with Gasteiger partial charge in [-0.3, -0.25) is 4.90 Å². The summed E-state index contributed by atoms with van der Waals surface area (Å²) in [4.78, 5) is 2.40. The van der Waals surface area contributed by atoms with Gasteiger partial charge in [0.1, 0.15) is 0 Å². The first-order valence-electron chi connectivity index (χ1n) is 6.37. The number of piperazine rings is 1. The Morgan fingerprint density at radius 1 is 1.35 bits per heavy atom. The normalized spacial score (nSPS) is 17.3. The Labute approximate surface area is 132 Å². The summed E-state index contributed by atoms with van der Waals surface area (Å²) in [5.41, 5.74) is 0. The first kappa shape index (κ1) is 16.2. The number of nitrogens with zero attached hydrogens (tertiary/aromatic N) is 1. The number of rotatable bonds is 5. The van der Waals surface area contributed by atoms with Gasteiger partial charge in [-0.1, -0.05) is 17.7 Å². The molecule has 1 aromatic rings. The maximum Gasteiger partial charge on any atom is 0.241 e. The smallest absolute Gasteiger partial charge is 0.241 e. The summed E-state index contributed by atoms with van der Waals surface area (Å²) in [6.45, 7) is 4.89. The van der Waals surface area contributed by atoms with Crippen LogP contribution in [0.1, 0.15) is 0 Å². The minimum atomic E-state index is -3.54. The molecule has 0 saturated carbocycles. The van der Waals surface area contributed by atoms with Crippen LogP contribution in [0.25, 0.3) is 0 Å². The lowest BCUT2D eigenvalue weighted by molar-refractivity contribution is 0.245. The zero-order chi connectivity index (χ0) is 14.6. The SMILES string of the molecule is O=S(=O)(NCCN1CCNCC1)c1cccc(Cl)c1Br. The second-order valence-corrected chi connectivity index (χ2v) is 7.48. The van der Waals surface area contributed by atoms with E-state index in [0.29, 0.717) is 22.6 Å². The summed E-state index contributed by atoms with van der Waals surface area (Å²) in [6, 6.07) is 4.80. The third kappa shape index (κ3) is 4.16. The van der Waals surface area contributed by atoms with Crippen LogP contribution in [-0.2, 0) is 10.0 Å². The van der Waals surface area contributed by atoms with E-state index < -0.39 is 10.0 Å². The van der Waals surface area contributed by atoms with Crippen molar-refractivity contribution in [1.82, 2.24) is 14.9 Å². The molecule has 0 radical (unpaired) electrons. The molecule has 112 valence electrons. The molecule has 5 nitrogen and oxygen atoms in total. The summed E-state index contributed by atoms with van der Waals surface area (Å²) in [7, 11) is -3.54. The van der Waals surface area contributed by atoms with E-state index >= 15 is 0 Å². The van der Waals surface area contributed by atoms with Gasteiger partial charge in [0.2, 0.25) is 10.0 Å². The van der Waals surface area contributed by atoms with Crippen molar-refractivity contribution in [3.63, 3.8) is 0 Å². The third-order valence-electron chi connectivity index (χ3n) is 3.14. The van der Waals surface area contributed by atoms with Gasteiger partial charge >= 0.3 is 0 Å². The fourth-order valence-electron chi connectivity index (χ4n) is 2.04. The van der Waals surface area contributed by atoms with E-state index in [0.717, 1.165) is 26.2 Å². The molecule has 20 heavy (non-hydrogen) atoms. The highest BCUT2D eigenvalue weighted by atomic mass is 79.9. The summed E-state index contributed by atoms with van der Waals surface area (Å²) in [5.74, 6) is 0. The molecule has 1 aliphatic heterocycles. The molecule has 1 saturated heterocycles. The zero-order valence-electron chi connectivity index (χ0n) is 10.9. The number of hydrogen-bond acceptors (Lipinski definition) is 4. The Kier molecular flexibility index (Phi) is 5.83. The summed E-state index contributed by atoms with van der Waals surface area (Å²) >= 11 is 9.14. The van der Waals surface area contributed by atoms with Crippen LogP contribution < -0.4 is 10.0 Å². The van der Waals surface area contributed by atoms with Gasteiger partial charge in [0.25, 0.3) is 0 Å². The van der Waals surface area contributed by atoms with E-state index in [1.54, 1.807) is 12.1 Å². The van der Waals surface area contributed by atoms with Gasteiger partial charge in [0, 0.05) is 39.3 Å². The molecule has 8 heteroatoms. The molecule has 1 aliphatic rings. The van der Waals surface area contributed by atoms with Gasteiger partial charge in [0.05, 0.1) is 14.4 Å². The Morgan fingerprint density at radius 2 is 2.05 bits per heavy atom. The van der Waals surface area contributed by atoms with Gasteiger partial charge in [-0.2, -0.15) is 0 Å². The minimum absolute atomic E-state index is 0.172. The average molecular weight is 383 g/mol. The van der Waals surface area contributed by atoms with E-state index in [-0.39, 0.29) is 4.90 Å². The molecule has 0 amide bonds. The number of hydrogen-bond donors (Lipinski definition) is 2. The summed E-state index contributed by atoms with van der Waals surface area (Å²) in [6.07, 6.45) is 0. The molecule has 1 aromatic carbocycles. The van der Waals surface area contributed by atoms with Gasteiger partial charge in [-0.25, -0.2) is 13.1 Å². The van der Waals surface area contributed by atoms with E-state index in [4.69, 9.17) is 11.6 Å². The van der Waals surface area contributed by atoms with Crippen LogP contribution in [0.15, 0.2) is 27.6 Å². The molecule has 0 atom stereocenters. The lowest BCUT2D eigenvalue weighted by atomic mass is 10.3. The van der Waals surface area contributed by atoms with E-state index in [1.807, 2.05) is 0 Å². The fraction of sp³-hybridized carbons (Fsp3) is 0.500. The van der Waals surface area contributed by atoms with Crippen molar-refractivity contribution in [3.8, 4) is 0 Å². The second kappa shape index (κ2) is 7.20. The monoisotopic (exact) mass is 381 g/mol. The van der Waals surface area contributed by atoms with E-state index in [2.05, 4.69) is 30.9 Å². The highest BCUT2D eigenvalue weighted by Crippen LogP contribution is 2.29. The number of sulfonamides is 1. The maximum atomic E-state index is 12.2. The molecule has 2 rings (SSSR count). The van der Waals surface area contributed by atoms with Gasteiger partial charge < -0.3 is 5.32 Å². The van der Waals surface area contributed by atoms with Crippen LogP contribution in [0, 0.1) is 0 Å². The maximum absolute atomic E-state index is 12.2. The van der Waals surface area contributed by atoms with Gasteiger partial charge in [-0.15, -0.1) is 0 Å². The topological polar surface area (TPSA) is 61.4 Å². The third-order valence-corrected chi connectivity index (χ3v) is 6.30. The molecule has 0 aromatic heterocycles. The molecule has 0 unspecified atom stereocenters. The zero-order valence-corrected chi connectivity index (χ0v) is 14.1. The van der Waals surface area contributed by atoms with Crippen LogP contribution in [0.2, 0.25) is 5.02 Å². The fourth-order valence-corrected chi connectivity index (χ4v) is 4.30. The first-order chi connectivity index (χ1) is 9.50. The largest absolute Gasteiger partial charge is 0.314 e. The average Bonchev–Trinajstić information content (AvgIpc) is 2.42. The molecular weight excluding hydrogens is 366 g/mol. The molecule has 1 fully saturated rings. The Balaban J connectivity index is 1.95. The lowest BCUT2D eigenvalue weighted by Crippen LogP contribution is -2.46. The predicted molar refractivity (Wildman–Crippen MR) is 83.7 cm³/mol. The van der Waals surface area contributed by atoms with Crippen LogP contribution in [0.3, 0.4) is 0 Å². The van der Waals surface area contributed by atoms with Crippen molar-refractivity contribution >= 4 is 37.6 Å². The standard InChI is InChI=1S/C12H17BrClN3O2S/c13-12-10(14)2-1-3-11(12)20(18,19)16-6-9-17-7-4-15-5-8-17/h1-3,15-16H,4-9H2. The van der Waals surface area contributed by atoms with Crippen LogP contribution in [0.4, 0.5) is 0 Å². The highest BCUT2D eigenvalue weighted by molar-refractivity contribution is 9.10. The van der Waals surface area contributed by atoms with Crippen molar-refractivity contribution < 1.29 is 8.42 Å². The van der Waals surface area contributed by atoms with Crippen molar-refractivity contribution in [1.29, 1.82) is 0 Å². The lowest BCUT2D eigenvalue weighted by Gasteiger charge is -2.27. The molecule has 0 spiro atoms. The molecular formula is C12H17BrClN3O2S. The molecule has 2 N–H and O–H groups in total. The molecule has 0 aliphatic carbocycles. The van der Waals surface area contributed by atoms with Gasteiger partial charge in [-0.05, 0) is 28.1 Å². The van der Waals surface area contributed by atoms with E-state index in [9.17, 15) is 8.42 Å².